The monoisotopic (exact) mass is 243 g/mol. The molecule has 1 aliphatic rings. The molecule has 0 radical (unpaired) electrons. The van der Waals surface area contributed by atoms with Gasteiger partial charge in [0.1, 0.15) is 5.75 Å². The van der Waals surface area contributed by atoms with Crippen LogP contribution in [0.2, 0.25) is 0 Å². The number of hydrogen-bond donors (Lipinski definition) is 1. The smallest absolute Gasteiger partial charge is 0.123 e. The highest BCUT2D eigenvalue weighted by atomic mass is 79.9. The average Bonchev–Trinajstić information content (AvgIpc) is 2.21. The molecule has 0 aromatic heterocycles. The summed E-state index contributed by atoms with van der Waals surface area (Å²) in [5.41, 5.74) is 5.83. The zero-order chi connectivity index (χ0) is 9.68. The summed E-state index contributed by atoms with van der Waals surface area (Å²) in [6.45, 7) is 0.865. The first kappa shape index (κ1) is 10.5. The molecule has 0 unspecified atom stereocenters. The predicted octanol–water partition coefficient (Wildman–Crippen LogP) is 2.35. The summed E-state index contributed by atoms with van der Waals surface area (Å²) in [5, 5.41) is 0. The summed E-state index contributed by atoms with van der Waals surface area (Å²) in [6, 6.07) is 6.22. The number of ether oxygens (including phenoxy) is 1. The average molecular weight is 244 g/mol. The van der Waals surface area contributed by atoms with Gasteiger partial charge in [0.15, 0.2) is 0 Å². The topological polar surface area (TPSA) is 35.2 Å². The molecular formula is C10H14BrNO. The van der Waals surface area contributed by atoms with Gasteiger partial charge < -0.3 is 10.5 Å². The van der Waals surface area contributed by atoms with Crippen LogP contribution in [0.4, 0.5) is 0 Å². The third-order valence-electron chi connectivity index (χ3n) is 1.88. The Hall–Kier alpha value is -0.540. The molecule has 0 saturated heterocycles. The summed E-state index contributed by atoms with van der Waals surface area (Å²) in [6.07, 6.45) is 2.30. The van der Waals surface area contributed by atoms with Crippen molar-refractivity contribution in [1.29, 1.82) is 0 Å². The van der Waals surface area contributed by atoms with E-state index in [9.17, 15) is 0 Å². The molecule has 3 heteroatoms. The molecule has 0 aliphatic carbocycles. The number of rotatable bonds is 0. The Labute approximate surface area is 87.2 Å². The summed E-state index contributed by atoms with van der Waals surface area (Å²) in [4.78, 5) is 0. The number of benzene rings is 1. The lowest BCUT2D eigenvalue weighted by atomic mass is 10.1. The number of aryl methyl sites for hydroxylation is 1. The Morgan fingerprint density at radius 3 is 2.92 bits per heavy atom. The van der Waals surface area contributed by atoms with Gasteiger partial charge in [0.2, 0.25) is 0 Å². The normalized spacial score (nSPS) is 13.5. The summed E-state index contributed by atoms with van der Waals surface area (Å²) >= 11 is 3.41. The van der Waals surface area contributed by atoms with Gasteiger partial charge in [-0.15, -0.1) is 0 Å². The van der Waals surface area contributed by atoms with Crippen LogP contribution in [0.25, 0.3) is 0 Å². The van der Waals surface area contributed by atoms with Crippen molar-refractivity contribution in [2.75, 3.05) is 13.7 Å². The van der Waals surface area contributed by atoms with Gasteiger partial charge in [-0.05, 0) is 37.6 Å². The molecule has 72 valence electrons. The van der Waals surface area contributed by atoms with Crippen molar-refractivity contribution in [2.45, 2.75) is 12.8 Å². The van der Waals surface area contributed by atoms with Gasteiger partial charge in [0.25, 0.3) is 0 Å². The quantitative estimate of drug-likeness (QED) is 0.760. The zero-order valence-electron chi connectivity index (χ0n) is 7.72. The fraction of sp³-hybridized carbons (Fsp3) is 0.400. The van der Waals surface area contributed by atoms with E-state index in [4.69, 9.17) is 4.74 Å². The van der Waals surface area contributed by atoms with Crippen molar-refractivity contribution < 1.29 is 4.74 Å². The molecule has 0 bridgehead atoms. The van der Waals surface area contributed by atoms with Crippen LogP contribution < -0.4 is 10.5 Å². The summed E-state index contributed by atoms with van der Waals surface area (Å²) in [5.74, 6) is 1.05. The molecule has 2 rings (SSSR count). The van der Waals surface area contributed by atoms with E-state index in [1.807, 2.05) is 6.07 Å². The van der Waals surface area contributed by atoms with Crippen molar-refractivity contribution in [3.05, 3.63) is 28.2 Å². The zero-order valence-corrected chi connectivity index (χ0v) is 9.30. The van der Waals surface area contributed by atoms with Crippen molar-refractivity contribution in [3.8, 4) is 5.75 Å². The minimum atomic E-state index is 0.865. The van der Waals surface area contributed by atoms with Crippen LogP contribution in [0.15, 0.2) is 22.7 Å². The first-order valence-electron chi connectivity index (χ1n) is 4.35. The van der Waals surface area contributed by atoms with Gasteiger partial charge in [0.05, 0.1) is 6.61 Å². The molecule has 1 heterocycles. The van der Waals surface area contributed by atoms with Crippen LogP contribution in [0.5, 0.6) is 5.75 Å². The highest BCUT2D eigenvalue weighted by Gasteiger charge is 2.08. The highest BCUT2D eigenvalue weighted by Crippen LogP contribution is 2.27. The van der Waals surface area contributed by atoms with Crippen LogP contribution in [0.1, 0.15) is 12.0 Å². The van der Waals surface area contributed by atoms with Crippen LogP contribution >= 0.6 is 15.9 Å². The second-order valence-electron chi connectivity index (χ2n) is 2.70. The predicted molar refractivity (Wildman–Crippen MR) is 58.1 cm³/mol. The Balaban J connectivity index is 0.000000396. The number of nitrogens with two attached hydrogens (primary N) is 1. The molecule has 1 aromatic rings. The van der Waals surface area contributed by atoms with E-state index in [0.717, 1.165) is 29.7 Å². The molecule has 0 spiro atoms. The van der Waals surface area contributed by atoms with Crippen LogP contribution in [0, 0.1) is 0 Å². The molecule has 1 aliphatic heterocycles. The van der Waals surface area contributed by atoms with Gasteiger partial charge in [-0.1, -0.05) is 22.0 Å². The molecule has 0 fully saturated rings. The van der Waals surface area contributed by atoms with Gasteiger partial charge in [0, 0.05) is 4.47 Å². The number of fused-ring (bicyclic) bond motifs is 1. The minimum Gasteiger partial charge on any atom is -0.493 e. The van der Waals surface area contributed by atoms with E-state index in [1.54, 1.807) is 0 Å². The Bertz CT molecular complexity index is 276. The third-order valence-corrected chi connectivity index (χ3v) is 2.37. The van der Waals surface area contributed by atoms with Crippen LogP contribution in [-0.4, -0.2) is 13.7 Å². The maximum atomic E-state index is 5.47. The molecule has 0 atom stereocenters. The van der Waals surface area contributed by atoms with Crippen LogP contribution in [-0.2, 0) is 6.42 Å². The molecule has 2 N–H and O–H groups in total. The van der Waals surface area contributed by atoms with E-state index in [0.29, 0.717) is 0 Å². The third kappa shape index (κ3) is 2.71. The number of halogens is 1. The van der Waals surface area contributed by atoms with E-state index in [1.165, 1.54) is 12.6 Å². The first-order valence-corrected chi connectivity index (χ1v) is 5.14. The van der Waals surface area contributed by atoms with Crippen LogP contribution in [0.3, 0.4) is 0 Å². The standard InChI is InChI=1S/C9H9BrO.CH5N/c10-8-4-3-7-2-1-5-11-9(7)6-8;1-2/h3-4,6H,1-2,5H2;2H2,1H3. The van der Waals surface area contributed by atoms with Crippen molar-refractivity contribution >= 4 is 15.9 Å². The molecule has 13 heavy (non-hydrogen) atoms. The second-order valence-corrected chi connectivity index (χ2v) is 3.62. The maximum Gasteiger partial charge on any atom is 0.123 e. The Kier molecular flexibility index (Phi) is 4.25. The van der Waals surface area contributed by atoms with E-state index in [2.05, 4.69) is 33.8 Å². The van der Waals surface area contributed by atoms with Gasteiger partial charge >= 0.3 is 0 Å². The SMILES string of the molecule is Brc1ccc2c(c1)OCCC2.CN. The van der Waals surface area contributed by atoms with E-state index < -0.39 is 0 Å². The molecular weight excluding hydrogens is 230 g/mol. The molecule has 2 nitrogen and oxygen atoms in total. The summed E-state index contributed by atoms with van der Waals surface area (Å²) < 4.78 is 6.57. The fourth-order valence-corrected chi connectivity index (χ4v) is 1.65. The largest absolute Gasteiger partial charge is 0.493 e. The van der Waals surface area contributed by atoms with Gasteiger partial charge in [-0.3, -0.25) is 0 Å². The van der Waals surface area contributed by atoms with Crippen molar-refractivity contribution in [1.82, 2.24) is 0 Å². The number of hydrogen-bond acceptors (Lipinski definition) is 2. The lowest BCUT2D eigenvalue weighted by Gasteiger charge is -2.16. The lowest BCUT2D eigenvalue weighted by Crippen LogP contribution is -2.07. The molecule has 1 aromatic carbocycles. The first-order chi connectivity index (χ1) is 6.36. The van der Waals surface area contributed by atoms with Crippen molar-refractivity contribution in [2.24, 2.45) is 5.73 Å². The lowest BCUT2D eigenvalue weighted by molar-refractivity contribution is 0.288. The second kappa shape index (κ2) is 5.25. The van der Waals surface area contributed by atoms with E-state index >= 15 is 0 Å². The maximum absolute atomic E-state index is 5.47. The van der Waals surface area contributed by atoms with Gasteiger partial charge in [-0.25, -0.2) is 0 Å². The van der Waals surface area contributed by atoms with Gasteiger partial charge in [-0.2, -0.15) is 0 Å². The molecule has 0 amide bonds. The Morgan fingerprint density at radius 2 is 2.15 bits per heavy atom. The fourth-order valence-electron chi connectivity index (χ4n) is 1.31. The summed E-state index contributed by atoms with van der Waals surface area (Å²) in [7, 11) is 1.50. The Morgan fingerprint density at radius 1 is 1.38 bits per heavy atom. The van der Waals surface area contributed by atoms with Crippen molar-refractivity contribution in [3.63, 3.8) is 0 Å². The highest BCUT2D eigenvalue weighted by molar-refractivity contribution is 9.10. The van der Waals surface area contributed by atoms with E-state index in [-0.39, 0.29) is 0 Å². The molecule has 0 saturated carbocycles. The minimum absolute atomic E-state index is 0.865.